The first kappa shape index (κ1) is 12.8. The first-order chi connectivity index (χ1) is 8.58. The van der Waals surface area contributed by atoms with Gasteiger partial charge in [-0.05, 0) is 25.8 Å². The predicted molar refractivity (Wildman–Crippen MR) is 69.5 cm³/mol. The van der Waals surface area contributed by atoms with Crippen LogP contribution in [-0.2, 0) is 0 Å². The molecular formula is C12H18N4O2. The van der Waals surface area contributed by atoms with Crippen LogP contribution in [0.4, 0.5) is 11.5 Å². The van der Waals surface area contributed by atoms with Gasteiger partial charge < -0.3 is 11.1 Å². The molecule has 0 aliphatic heterocycles. The van der Waals surface area contributed by atoms with Gasteiger partial charge in [-0.15, -0.1) is 0 Å². The van der Waals surface area contributed by atoms with Gasteiger partial charge in [-0.25, -0.2) is 4.98 Å². The van der Waals surface area contributed by atoms with Crippen molar-refractivity contribution < 1.29 is 4.92 Å². The minimum absolute atomic E-state index is 0.0124. The lowest BCUT2D eigenvalue weighted by molar-refractivity contribution is -0.384. The zero-order chi connectivity index (χ0) is 13.1. The Morgan fingerprint density at radius 3 is 2.83 bits per heavy atom. The SMILES string of the molecule is Cc1ccc([N+](=O)[O-])c(N[C@@H]2CCCC[C@H]2N)n1. The van der Waals surface area contributed by atoms with Gasteiger partial charge in [0, 0.05) is 23.8 Å². The van der Waals surface area contributed by atoms with Crippen LogP contribution in [0.2, 0.25) is 0 Å². The zero-order valence-electron chi connectivity index (χ0n) is 10.4. The summed E-state index contributed by atoms with van der Waals surface area (Å²) < 4.78 is 0. The van der Waals surface area contributed by atoms with Crippen molar-refractivity contribution in [1.82, 2.24) is 4.98 Å². The summed E-state index contributed by atoms with van der Waals surface area (Å²) in [5, 5.41) is 14.1. The Labute approximate surface area is 106 Å². The molecule has 18 heavy (non-hydrogen) atoms. The Hall–Kier alpha value is -1.69. The second-order valence-electron chi connectivity index (χ2n) is 4.78. The van der Waals surface area contributed by atoms with Crippen molar-refractivity contribution >= 4 is 11.5 Å². The average molecular weight is 250 g/mol. The highest BCUT2D eigenvalue weighted by Gasteiger charge is 2.25. The number of nitrogens with one attached hydrogen (secondary N) is 1. The van der Waals surface area contributed by atoms with Gasteiger partial charge in [0.1, 0.15) is 0 Å². The Kier molecular flexibility index (Phi) is 3.76. The molecule has 0 spiro atoms. The van der Waals surface area contributed by atoms with Crippen molar-refractivity contribution in [2.75, 3.05) is 5.32 Å². The van der Waals surface area contributed by atoms with Gasteiger partial charge in [0.05, 0.1) is 4.92 Å². The summed E-state index contributed by atoms with van der Waals surface area (Å²) in [6.45, 7) is 1.82. The average Bonchev–Trinajstić information content (AvgIpc) is 2.32. The summed E-state index contributed by atoms with van der Waals surface area (Å²) in [5.41, 5.74) is 6.80. The fourth-order valence-electron chi connectivity index (χ4n) is 2.32. The van der Waals surface area contributed by atoms with E-state index in [0.717, 1.165) is 31.4 Å². The van der Waals surface area contributed by atoms with E-state index in [1.807, 2.05) is 6.92 Å². The van der Waals surface area contributed by atoms with Gasteiger partial charge in [-0.1, -0.05) is 12.8 Å². The fourth-order valence-corrected chi connectivity index (χ4v) is 2.32. The van der Waals surface area contributed by atoms with E-state index in [-0.39, 0.29) is 17.8 Å². The van der Waals surface area contributed by atoms with E-state index in [2.05, 4.69) is 10.3 Å². The molecule has 0 saturated heterocycles. The van der Waals surface area contributed by atoms with Gasteiger partial charge >= 0.3 is 5.69 Å². The largest absolute Gasteiger partial charge is 0.360 e. The number of hydrogen-bond donors (Lipinski definition) is 2. The number of nitro groups is 1. The Bertz CT molecular complexity index is 450. The van der Waals surface area contributed by atoms with Crippen molar-refractivity contribution in [2.45, 2.75) is 44.7 Å². The van der Waals surface area contributed by atoms with Crippen LogP contribution >= 0.6 is 0 Å². The third kappa shape index (κ3) is 2.76. The maximum atomic E-state index is 11.0. The maximum Gasteiger partial charge on any atom is 0.311 e. The lowest BCUT2D eigenvalue weighted by Gasteiger charge is -2.29. The number of nitrogens with zero attached hydrogens (tertiary/aromatic N) is 2. The van der Waals surface area contributed by atoms with Gasteiger partial charge in [0.25, 0.3) is 0 Å². The summed E-state index contributed by atoms with van der Waals surface area (Å²) in [6, 6.07) is 3.25. The first-order valence-corrected chi connectivity index (χ1v) is 6.22. The molecule has 1 aliphatic carbocycles. The smallest absolute Gasteiger partial charge is 0.311 e. The molecule has 1 heterocycles. The van der Waals surface area contributed by atoms with Crippen molar-refractivity contribution in [3.63, 3.8) is 0 Å². The van der Waals surface area contributed by atoms with Crippen molar-refractivity contribution in [2.24, 2.45) is 5.73 Å². The molecule has 1 saturated carbocycles. The second-order valence-corrected chi connectivity index (χ2v) is 4.78. The summed E-state index contributed by atoms with van der Waals surface area (Å²) in [6.07, 6.45) is 4.12. The topological polar surface area (TPSA) is 94.1 Å². The molecule has 1 fully saturated rings. The second kappa shape index (κ2) is 5.30. The predicted octanol–water partition coefficient (Wildman–Crippen LogP) is 1.98. The van der Waals surface area contributed by atoms with E-state index in [0.29, 0.717) is 5.82 Å². The summed E-state index contributed by atoms with van der Waals surface area (Å²) in [7, 11) is 0. The number of aromatic nitrogens is 1. The number of aryl methyl sites for hydroxylation is 1. The molecule has 1 aliphatic rings. The van der Waals surface area contributed by atoms with E-state index < -0.39 is 4.92 Å². The van der Waals surface area contributed by atoms with Gasteiger partial charge in [-0.2, -0.15) is 0 Å². The van der Waals surface area contributed by atoms with Crippen LogP contribution in [-0.4, -0.2) is 22.0 Å². The van der Waals surface area contributed by atoms with Gasteiger partial charge in [0.2, 0.25) is 5.82 Å². The third-order valence-electron chi connectivity index (χ3n) is 3.35. The molecule has 3 N–H and O–H groups in total. The fraction of sp³-hybridized carbons (Fsp3) is 0.583. The van der Waals surface area contributed by atoms with E-state index >= 15 is 0 Å². The maximum absolute atomic E-state index is 11.0. The van der Waals surface area contributed by atoms with Crippen molar-refractivity contribution in [1.29, 1.82) is 0 Å². The Morgan fingerprint density at radius 1 is 1.44 bits per heavy atom. The van der Waals surface area contributed by atoms with Crippen LogP contribution in [0.25, 0.3) is 0 Å². The quantitative estimate of drug-likeness (QED) is 0.632. The monoisotopic (exact) mass is 250 g/mol. The highest BCUT2D eigenvalue weighted by Crippen LogP contribution is 2.26. The molecule has 2 rings (SSSR count). The van der Waals surface area contributed by atoms with E-state index in [1.54, 1.807) is 6.07 Å². The molecule has 1 aromatic heterocycles. The van der Waals surface area contributed by atoms with Crippen LogP contribution in [0, 0.1) is 17.0 Å². The Morgan fingerprint density at radius 2 is 2.17 bits per heavy atom. The van der Waals surface area contributed by atoms with Gasteiger partial charge in [0.15, 0.2) is 0 Å². The number of hydrogen-bond acceptors (Lipinski definition) is 5. The number of pyridine rings is 1. The lowest BCUT2D eigenvalue weighted by Crippen LogP contribution is -2.42. The zero-order valence-corrected chi connectivity index (χ0v) is 10.4. The summed E-state index contributed by atoms with van der Waals surface area (Å²) >= 11 is 0. The van der Waals surface area contributed by atoms with Gasteiger partial charge in [-0.3, -0.25) is 10.1 Å². The number of rotatable bonds is 3. The summed E-state index contributed by atoms with van der Waals surface area (Å²) in [4.78, 5) is 14.8. The minimum atomic E-state index is -0.414. The minimum Gasteiger partial charge on any atom is -0.360 e. The van der Waals surface area contributed by atoms with Crippen LogP contribution in [0.3, 0.4) is 0 Å². The Balaban J connectivity index is 2.21. The number of nitrogens with two attached hydrogens (primary N) is 1. The van der Waals surface area contributed by atoms with Crippen LogP contribution in [0.5, 0.6) is 0 Å². The molecule has 0 amide bonds. The molecule has 0 unspecified atom stereocenters. The third-order valence-corrected chi connectivity index (χ3v) is 3.35. The molecule has 0 aromatic carbocycles. The highest BCUT2D eigenvalue weighted by molar-refractivity contribution is 5.56. The van der Waals surface area contributed by atoms with Crippen LogP contribution in [0.1, 0.15) is 31.4 Å². The summed E-state index contributed by atoms with van der Waals surface area (Å²) in [5.74, 6) is 0.336. The number of anilines is 1. The van der Waals surface area contributed by atoms with E-state index in [1.165, 1.54) is 6.07 Å². The molecule has 1 aromatic rings. The van der Waals surface area contributed by atoms with Crippen LogP contribution in [0.15, 0.2) is 12.1 Å². The van der Waals surface area contributed by atoms with Crippen molar-refractivity contribution in [3.8, 4) is 0 Å². The molecule has 98 valence electrons. The normalized spacial score (nSPS) is 23.7. The molecule has 6 nitrogen and oxygen atoms in total. The molecular weight excluding hydrogens is 232 g/mol. The molecule has 6 heteroatoms. The van der Waals surface area contributed by atoms with Crippen molar-refractivity contribution in [3.05, 3.63) is 27.9 Å². The lowest BCUT2D eigenvalue weighted by atomic mass is 9.91. The first-order valence-electron chi connectivity index (χ1n) is 6.22. The highest BCUT2D eigenvalue weighted by atomic mass is 16.6. The molecule has 2 atom stereocenters. The molecule has 0 radical (unpaired) electrons. The molecule has 0 bridgehead atoms. The van der Waals surface area contributed by atoms with E-state index in [9.17, 15) is 10.1 Å². The van der Waals surface area contributed by atoms with Crippen LogP contribution < -0.4 is 11.1 Å². The standard InChI is InChI=1S/C12H18N4O2/c1-8-6-7-11(16(17)18)12(14-8)15-10-5-3-2-4-9(10)13/h6-7,9-10H,2-5,13H2,1H3,(H,14,15)/t9-,10-/m1/s1. The van der Waals surface area contributed by atoms with E-state index in [4.69, 9.17) is 5.73 Å².